The minimum Gasteiger partial charge on any atom is -0.300 e. The molecule has 0 spiro atoms. The van der Waals surface area contributed by atoms with E-state index in [9.17, 15) is 9.18 Å². The topological polar surface area (TPSA) is 17.1 Å². The minimum atomic E-state index is -0.243. The predicted molar refractivity (Wildman–Crippen MR) is 32.9 cm³/mol. The molecule has 52 valence electrons. The highest BCUT2D eigenvalue weighted by atomic mass is 18.2. The van der Waals surface area contributed by atoms with Crippen molar-refractivity contribution in [2.45, 2.75) is 25.7 Å². The Morgan fingerprint density at radius 2 is 2.00 bits per heavy atom. The Morgan fingerprint density at radius 3 is 2.44 bits per heavy atom. The summed E-state index contributed by atoms with van der Waals surface area (Å²) >= 11 is 0. The molecule has 0 N–H and O–H groups in total. The molecule has 1 saturated carbocycles. The van der Waals surface area contributed by atoms with Gasteiger partial charge in [0.2, 0.25) is 0 Å². The van der Waals surface area contributed by atoms with Crippen molar-refractivity contribution in [3.63, 3.8) is 0 Å². The largest absolute Gasteiger partial charge is 0.300 e. The van der Waals surface area contributed by atoms with Crippen LogP contribution < -0.4 is 0 Å². The second-order valence-electron chi connectivity index (χ2n) is 2.64. The zero-order chi connectivity index (χ0) is 6.69. The summed E-state index contributed by atoms with van der Waals surface area (Å²) in [5.41, 5.74) is 0. The van der Waals surface area contributed by atoms with Crippen molar-refractivity contribution >= 4 is 5.78 Å². The SMILES string of the molecule is O=C1CCC(C[18F])CC1. The van der Waals surface area contributed by atoms with E-state index in [1.807, 2.05) is 0 Å². The predicted octanol–water partition coefficient (Wildman–Crippen LogP) is 1.72. The molecule has 9 heavy (non-hydrogen) atoms. The number of ketones is 1. The summed E-state index contributed by atoms with van der Waals surface area (Å²) in [6.07, 6.45) is 2.76. The monoisotopic (exact) mass is 129 g/mol. The van der Waals surface area contributed by atoms with Gasteiger partial charge < -0.3 is 0 Å². The molecule has 0 heterocycles. The van der Waals surface area contributed by atoms with Gasteiger partial charge in [-0.2, -0.15) is 0 Å². The van der Waals surface area contributed by atoms with E-state index in [-0.39, 0.29) is 12.6 Å². The number of hydrogen-bond donors (Lipinski definition) is 0. The van der Waals surface area contributed by atoms with Crippen molar-refractivity contribution in [1.29, 1.82) is 0 Å². The maximum Gasteiger partial charge on any atom is 0.132 e. The number of alkyl halides is 1. The Hall–Kier alpha value is -0.400. The smallest absolute Gasteiger partial charge is 0.132 e. The molecule has 0 radical (unpaired) electrons. The van der Waals surface area contributed by atoms with Crippen LogP contribution in [0.4, 0.5) is 4.39 Å². The number of carbonyl (C=O) groups excluding carboxylic acids is 1. The fourth-order valence-electron chi connectivity index (χ4n) is 1.15. The van der Waals surface area contributed by atoms with Crippen molar-refractivity contribution in [2.75, 3.05) is 6.67 Å². The van der Waals surface area contributed by atoms with Gasteiger partial charge in [0.15, 0.2) is 0 Å². The molecule has 1 rings (SSSR count). The quantitative estimate of drug-likeness (QED) is 0.526. The summed E-state index contributed by atoms with van der Waals surface area (Å²) in [5.74, 6) is 0.488. The maximum atomic E-state index is 11.9. The average molecular weight is 129 g/mol. The van der Waals surface area contributed by atoms with Gasteiger partial charge in [0, 0.05) is 12.8 Å². The molecule has 0 aromatic rings. The number of rotatable bonds is 1. The number of carbonyl (C=O) groups is 1. The van der Waals surface area contributed by atoms with Gasteiger partial charge in [0.25, 0.3) is 0 Å². The van der Waals surface area contributed by atoms with Gasteiger partial charge in [-0.25, -0.2) is 0 Å². The molecule has 0 amide bonds. The third kappa shape index (κ3) is 1.77. The Labute approximate surface area is 54.3 Å². The number of hydrogen-bond acceptors (Lipinski definition) is 1. The molecule has 1 aliphatic carbocycles. The molecule has 1 aliphatic rings. The Balaban J connectivity index is 2.26. The summed E-state index contributed by atoms with van der Waals surface area (Å²) in [5, 5.41) is 0. The average Bonchev–Trinajstić information content (AvgIpc) is 1.90. The molecular weight excluding hydrogens is 118 g/mol. The lowest BCUT2D eigenvalue weighted by Crippen LogP contribution is -2.14. The Morgan fingerprint density at radius 1 is 1.44 bits per heavy atom. The molecular formula is C7H11FO. The number of halogens is 1. The van der Waals surface area contributed by atoms with Crippen LogP contribution in [-0.2, 0) is 4.79 Å². The standard InChI is InChI=1S/C7H11FO/c8-5-6-1-3-7(9)4-2-6/h6H,1-5H2/i8-1. The molecule has 2 heteroatoms. The van der Waals surface area contributed by atoms with Crippen LogP contribution in [0.15, 0.2) is 0 Å². The van der Waals surface area contributed by atoms with Gasteiger partial charge in [-0.15, -0.1) is 0 Å². The third-order valence-electron chi connectivity index (χ3n) is 1.88. The summed E-state index contributed by atoms with van der Waals surface area (Å²) in [7, 11) is 0. The number of Topliss-reactive ketones (excluding diaryl/α,β-unsaturated/α-hetero) is 1. The van der Waals surface area contributed by atoms with Crippen molar-refractivity contribution in [3.8, 4) is 0 Å². The normalized spacial score (nSPS) is 22.6. The lowest BCUT2D eigenvalue weighted by Gasteiger charge is -2.16. The van der Waals surface area contributed by atoms with E-state index in [2.05, 4.69) is 0 Å². The zero-order valence-electron chi connectivity index (χ0n) is 5.40. The lowest BCUT2D eigenvalue weighted by molar-refractivity contribution is -0.121. The molecule has 1 fully saturated rings. The highest BCUT2D eigenvalue weighted by Crippen LogP contribution is 2.21. The van der Waals surface area contributed by atoms with Gasteiger partial charge >= 0.3 is 0 Å². The Bertz CT molecular complexity index is 101. The van der Waals surface area contributed by atoms with Crippen molar-refractivity contribution in [2.24, 2.45) is 5.92 Å². The van der Waals surface area contributed by atoms with Gasteiger partial charge in [-0.05, 0) is 18.8 Å². The van der Waals surface area contributed by atoms with E-state index in [0.29, 0.717) is 18.6 Å². The molecule has 0 aromatic carbocycles. The van der Waals surface area contributed by atoms with Gasteiger partial charge in [-0.1, -0.05) is 0 Å². The highest BCUT2D eigenvalue weighted by Gasteiger charge is 2.17. The van der Waals surface area contributed by atoms with Crippen LogP contribution in [0.25, 0.3) is 0 Å². The second kappa shape index (κ2) is 2.95. The van der Waals surface area contributed by atoms with E-state index in [1.165, 1.54) is 0 Å². The van der Waals surface area contributed by atoms with Crippen LogP contribution in [0.3, 0.4) is 0 Å². The van der Waals surface area contributed by atoms with Crippen LogP contribution in [0.5, 0.6) is 0 Å². The summed E-state index contributed by atoms with van der Waals surface area (Å²) in [6, 6.07) is 0. The fraction of sp³-hybridized carbons (Fsp3) is 0.857. The van der Waals surface area contributed by atoms with Crippen molar-refractivity contribution in [3.05, 3.63) is 0 Å². The van der Waals surface area contributed by atoms with Crippen molar-refractivity contribution < 1.29 is 9.18 Å². The van der Waals surface area contributed by atoms with E-state index in [1.54, 1.807) is 0 Å². The maximum absolute atomic E-state index is 11.9. The summed E-state index contributed by atoms with van der Waals surface area (Å²) in [4.78, 5) is 10.6. The summed E-state index contributed by atoms with van der Waals surface area (Å²) < 4.78 is 11.9. The van der Waals surface area contributed by atoms with E-state index in [4.69, 9.17) is 0 Å². The van der Waals surface area contributed by atoms with Crippen molar-refractivity contribution in [1.82, 2.24) is 0 Å². The van der Waals surface area contributed by atoms with Crippen LogP contribution in [0.1, 0.15) is 25.7 Å². The van der Waals surface area contributed by atoms with Gasteiger partial charge in [0.05, 0.1) is 6.67 Å². The van der Waals surface area contributed by atoms with E-state index < -0.39 is 0 Å². The molecule has 0 saturated heterocycles. The summed E-state index contributed by atoms with van der Waals surface area (Å²) in [6.45, 7) is -0.243. The molecule has 0 aromatic heterocycles. The zero-order valence-corrected chi connectivity index (χ0v) is 5.40. The van der Waals surface area contributed by atoms with Crippen LogP contribution in [0, 0.1) is 5.92 Å². The second-order valence-corrected chi connectivity index (χ2v) is 2.64. The molecule has 0 aliphatic heterocycles. The van der Waals surface area contributed by atoms with Gasteiger partial charge in [0.1, 0.15) is 5.78 Å². The first-order valence-electron chi connectivity index (χ1n) is 3.40. The molecule has 0 unspecified atom stereocenters. The highest BCUT2D eigenvalue weighted by molar-refractivity contribution is 5.78. The lowest BCUT2D eigenvalue weighted by atomic mass is 9.89. The van der Waals surface area contributed by atoms with Gasteiger partial charge in [-0.3, -0.25) is 9.18 Å². The first-order chi connectivity index (χ1) is 4.33. The van der Waals surface area contributed by atoms with E-state index in [0.717, 1.165) is 12.8 Å². The molecule has 1 nitrogen and oxygen atoms in total. The minimum absolute atomic E-state index is 0.183. The third-order valence-corrected chi connectivity index (χ3v) is 1.88. The van der Waals surface area contributed by atoms with Crippen LogP contribution >= 0.6 is 0 Å². The molecule has 0 atom stereocenters. The van der Waals surface area contributed by atoms with Crippen LogP contribution in [-0.4, -0.2) is 12.5 Å². The first-order valence-corrected chi connectivity index (χ1v) is 3.40. The van der Waals surface area contributed by atoms with E-state index >= 15 is 0 Å². The Kier molecular flexibility index (Phi) is 2.20. The molecule has 0 bridgehead atoms. The van der Waals surface area contributed by atoms with Crippen LogP contribution in [0.2, 0.25) is 0 Å². The first kappa shape index (κ1) is 6.72. The fourth-order valence-corrected chi connectivity index (χ4v) is 1.15.